The molecule has 1 N–H and O–H groups in total. The maximum absolute atomic E-state index is 9.94. The maximum atomic E-state index is 9.94. The van der Waals surface area contributed by atoms with Gasteiger partial charge >= 0.3 is 0 Å². The van der Waals surface area contributed by atoms with Crippen LogP contribution in [0.5, 0.6) is 0 Å². The first-order valence-electron chi connectivity index (χ1n) is 5.46. The van der Waals surface area contributed by atoms with Gasteiger partial charge in [0, 0.05) is 25.4 Å². The number of rotatable bonds is 6. The summed E-state index contributed by atoms with van der Waals surface area (Å²) in [5.41, 5.74) is 1.04. The van der Waals surface area contributed by atoms with Crippen molar-refractivity contribution >= 4 is 0 Å². The van der Waals surface area contributed by atoms with Gasteiger partial charge in [0.1, 0.15) is 0 Å². The van der Waals surface area contributed by atoms with Gasteiger partial charge in [0.2, 0.25) is 0 Å². The highest BCUT2D eigenvalue weighted by Gasteiger charge is 2.17. The standard InChI is InChI=1S/C12H19NO2/c1-3-12(15-4-2)11(14)8-10-6-5-7-13-9-10/h5-7,9,11-12,14H,3-4,8H2,1-2H3. The van der Waals surface area contributed by atoms with Gasteiger partial charge in [0.25, 0.3) is 0 Å². The SMILES string of the molecule is CCOC(CC)C(O)Cc1cccnc1. The Morgan fingerprint density at radius 2 is 2.27 bits per heavy atom. The fraction of sp³-hybridized carbons (Fsp3) is 0.583. The van der Waals surface area contributed by atoms with Crippen LogP contribution >= 0.6 is 0 Å². The smallest absolute Gasteiger partial charge is 0.0842 e. The molecule has 0 saturated carbocycles. The van der Waals surface area contributed by atoms with Crippen LogP contribution in [0.25, 0.3) is 0 Å². The van der Waals surface area contributed by atoms with Crippen molar-refractivity contribution in [2.24, 2.45) is 0 Å². The minimum atomic E-state index is -0.445. The molecule has 3 heteroatoms. The van der Waals surface area contributed by atoms with Gasteiger partial charge in [0.15, 0.2) is 0 Å². The molecule has 0 amide bonds. The molecular formula is C12H19NO2. The summed E-state index contributed by atoms with van der Waals surface area (Å²) in [5.74, 6) is 0. The topological polar surface area (TPSA) is 42.4 Å². The molecule has 2 atom stereocenters. The van der Waals surface area contributed by atoms with Crippen molar-refractivity contribution in [3.8, 4) is 0 Å². The monoisotopic (exact) mass is 209 g/mol. The lowest BCUT2D eigenvalue weighted by atomic mass is 10.0. The normalized spacial score (nSPS) is 14.9. The van der Waals surface area contributed by atoms with E-state index in [1.54, 1.807) is 12.4 Å². The van der Waals surface area contributed by atoms with Crippen LogP contribution in [0.15, 0.2) is 24.5 Å². The average molecular weight is 209 g/mol. The highest BCUT2D eigenvalue weighted by molar-refractivity contribution is 5.09. The molecular weight excluding hydrogens is 190 g/mol. The molecule has 2 unspecified atom stereocenters. The number of aliphatic hydroxyl groups excluding tert-OH is 1. The van der Waals surface area contributed by atoms with E-state index in [9.17, 15) is 5.11 Å². The highest BCUT2D eigenvalue weighted by atomic mass is 16.5. The zero-order valence-electron chi connectivity index (χ0n) is 9.39. The van der Waals surface area contributed by atoms with E-state index in [1.807, 2.05) is 26.0 Å². The molecule has 1 rings (SSSR count). The number of pyridine rings is 1. The molecule has 0 bridgehead atoms. The molecule has 0 saturated heterocycles. The van der Waals surface area contributed by atoms with Crippen LogP contribution in [0.2, 0.25) is 0 Å². The van der Waals surface area contributed by atoms with Crippen molar-refractivity contribution in [1.82, 2.24) is 4.98 Å². The molecule has 1 aromatic heterocycles. The van der Waals surface area contributed by atoms with E-state index in [4.69, 9.17) is 4.74 Å². The summed E-state index contributed by atoms with van der Waals surface area (Å²) in [7, 11) is 0. The van der Waals surface area contributed by atoms with Crippen molar-refractivity contribution in [1.29, 1.82) is 0 Å². The first-order chi connectivity index (χ1) is 7.27. The van der Waals surface area contributed by atoms with Gasteiger partial charge in [-0.25, -0.2) is 0 Å². The molecule has 0 fully saturated rings. The fourth-order valence-corrected chi connectivity index (χ4v) is 1.61. The second-order valence-corrected chi connectivity index (χ2v) is 3.53. The molecule has 0 aliphatic rings. The number of hydrogen-bond acceptors (Lipinski definition) is 3. The number of aromatic nitrogens is 1. The summed E-state index contributed by atoms with van der Waals surface area (Å²) >= 11 is 0. The lowest BCUT2D eigenvalue weighted by molar-refractivity contribution is -0.0335. The van der Waals surface area contributed by atoms with E-state index in [0.717, 1.165) is 12.0 Å². The minimum absolute atomic E-state index is 0.0739. The van der Waals surface area contributed by atoms with Gasteiger partial charge in [-0.15, -0.1) is 0 Å². The predicted molar refractivity (Wildman–Crippen MR) is 59.7 cm³/mol. The van der Waals surface area contributed by atoms with Gasteiger partial charge in [0.05, 0.1) is 12.2 Å². The number of nitrogens with zero attached hydrogens (tertiary/aromatic N) is 1. The third-order valence-electron chi connectivity index (χ3n) is 2.38. The molecule has 0 aliphatic carbocycles. The van der Waals surface area contributed by atoms with E-state index >= 15 is 0 Å². The van der Waals surface area contributed by atoms with Crippen LogP contribution in [0, 0.1) is 0 Å². The van der Waals surface area contributed by atoms with Gasteiger partial charge in [-0.05, 0) is 25.0 Å². The van der Waals surface area contributed by atoms with Gasteiger partial charge in [-0.1, -0.05) is 13.0 Å². The summed E-state index contributed by atoms with van der Waals surface area (Å²) in [6.07, 6.45) is 4.42. The van der Waals surface area contributed by atoms with Crippen molar-refractivity contribution in [3.63, 3.8) is 0 Å². The van der Waals surface area contributed by atoms with Gasteiger partial charge in [-0.2, -0.15) is 0 Å². The Morgan fingerprint density at radius 3 is 2.80 bits per heavy atom. The van der Waals surface area contributed by atoms with E-state index in [1.165, 1.54) is 0 Å². The molecule has 3 nitrogen and oxygen atoms in total. The lowest BCUT2D eigenvalue weighted by Crippen LogP contribution is -2.30. The Bertz CT molecular complexity index is 264. The van der Waals surface area contributed by atoms with Gasteiger partial charge < -0.3 is 9.84 Å². The molecule has 1 heterocycles. The molecule has 1 aromatic rings. The third kappa shape index (κ3) is 3.98. The first-order valence-corrected chi connectivity index (χ1v) is 5.46. The Kier molecular flexibility index (Phi) is 5.29. The second kappa shape index (κ2) is 6.53. The van der Waals surface area contributed by atoms with Crippen LogP contribution in [0.4, 0.5) is 0 Å². The fourth-order valence-electron chi connectivity index (χ4n) is 1.61. The Labute approximate surface area is 91.1 Å². The molecule has 15 heavy (non-hydrogen) atoms. The third-order valence-corrected chi connectivity index (χ3v) is 2.38. The van der Waals surface area contributed by atoms with Crippen LogP contribution in [-0.2, 0) is 11.2 Å². The van der Waals surface area contributed by atoms with Crippen molar-refractivity contribution in [3.05, 3.63) is 30.1 Å². The molecule has 0 radical (unpaired) electrons. The van der Waals surface area contributed by atoms with Crippen LogP contribution in [0.1, 0.15) is 25.8 Å². The Balaban J connectivity index is 2.50. The number of aliphatic hydroxyl groups is 1. The van der Waals surface area contributed by atoms with Crippen molar-refractivity contribution in [2.45, 2.75) is 38.9 Å². The second-order valence-electron chi connectivity index (χ2n) is 3.53. The minimum Gasteiger partial charge on any atom is -0.390 e. The van der Waals surface area contributed by atoms with Crippen molar-refractivity contribution in [2.75, 3.05) is 6.61 Å². The molecule has 0 aromatic carbocycles. The lowest BCUT2D eigenvalue weighted by Gasteiger charge is -2.21. The molecule has 84 valence electrons. The van der Waals surface area contributed by atoms with Crippen LogP contribution < -0.4 is 0 Å². The quantitative estimate of drug-likeness (QED) is 0.776. The first kappa shape index (κ1) is 12.1. The summed E-state index contributed by atoms with van der Waals surface area (Å²) in [6, 6.07) is 3.85. The van der Waals surface area contributed by atoms with E-state index < -0.39 is 6.10 Å². The Hall–Kier alpha value is -0.930. The molecule has 0 spiro atoms. The number of ether oxygens (including phenoxy) is 1. The van der Waals surface area contributed by atoms with E-state index in [-0.39, 0.29) is 6.10 Å². The summed E-state index contributed by atoms with van der Waals surface area (Å²) < 4.78 is 5.45. The highest BCUT2D eigenvalue weighted by Crippen LogP contribution is 2.10. The zero-order valence-corrected chi connectivity index (χ0v) is 9.39. The largest absolute Gasteiger partial charge is 0.390 e. The number of hydrogen-bond donors (Lipinski definition) is 1. The predicted octanol–water partition coefficient (Wildman–Crippen LogP) is 1.80. The van der Waals surface area contributed by atoms with E-state index in [0.29, 0.717) is 13.0 Å². The zero-order chi connectivity index (χ0) is 11.1. The van der Waals surface area contributed by atoms with Crippen molar-refractivity contribution < 1.29 is 9.84 Å². The average Bonchev–Trinajstić information content (AvgIpc) is 2.27. The summed E-state index contributed by atoms with van der Waals surface area (Å²) in [5, 5.41) is 9.94. The maximum Gasteiger partial charge on any atom is 0.0842 e. The summed E-state index contributed by atoms with van der Waals surface area (Å²) in [6.45, 7) is 4.61. The molecule has 0 aliphatic heterocycles. The van der Waals surface area contributed by atoms with Crippen LogP contribution in [0.3, 0.4) is 0 Å². The van der Waals surface area contributed by atoms with Crippen LogP contribution in [-0.4, -0.2) is 28.9 Å². The van der Waals surface area contributed by atoms with E-state index in [2.05, 4.69) is 4.98 Å². The van der Waals surface area contributed by atoms with Gasteiger partial charge in [-0.3, -0.25) is 4.98 Å². The Morgan fingerprint density at radius 1 is 1.47 bits per heavy atom. The summed E-state index contributed by atoms with van der Waals surface area (Å²) in [4.78, 5) is 4.02.